The Bertz CT molecular complexity index is 448. The molecule has 0 bridgehead atoms. The Morgan fingerprint density at radius 3 is 2.30 bits per heavy atom. The van der Waals surface area contributed by atoms with Crippen molar-refractivity contribution in [2.45, 2.75) is 33.7 Å². The van der Waals surface area contributed by atoms with E-state index in [0.717, 1.165) is 5.69 Å². The number of aromatic nitrogens is 1. The van der Waals surface area contributed by atoms with Gasteiger partial charge < -0.3 is 16.3 Å². The molecule has 1 aromatic rings. The van der Waals surface area contributed by atoms with Crippen LogP contribution >= 0.6 is 0 Å². The molecular formula is C13H23N5O2. The van der Waals surface area contributed by atoms with Gasteiger partial charge in [0, 0.05) is 18.1 Å². The van der Waals surface area contributed by atoms with E-state index in [1.54, 1.807) is 12.4 Å². The van der Waals surface area contributed by atoms with E-state index in [9.17, 15) is 0 Å². The lowest BCUT2D eigenvalue weighted by atomic mass is 9.88. The van der Waals surface area contributed by atoms with E-state index >= 15 is 0 Å². The molecule has 1 rings (SSSR count). The summed E-state index contributed by atoms with van der Waals surface area (Å²) >= 11 is 0. The predicted molar refractivity (Wildman–Crippen MR) is 80.2 cm³/mol. The highest BCUT2D eigenvalue weighted by Gasteiger charge is 2.19. The quantitative estimate of drug-likeness (QED) is 0.357. The average Bonchev–Trinajstić information content (AvgIpc) is 2.29. The monoisotopic (exact) mass is 281 g/mol. The third-order valence-electron chi connectivity index (χ3n) is 2.69. The number of nitrogens with zero attached hydrogens (tertiary/aromatic N) is 3. The Balaban J connectivity index is 0. The van der Waals surface area contributed by atoms with Crippen molar-refractivity contribution in [1.82, 2.24) is 10.3 Å². The molecule has 0 aliphatic heterocycles. The van der Waals surface area contributed by atoms with Crippen LogP contribution in [0.15, 0.2) is 29.5 Å². The van der Waals surface area contributed by atoms with Gasteiger partial charge in [0.25, 0.3) is 0 Å². The Hall–Kier alpha value is -2.17. The van der Waals surface area contributed by atoms with Crippen molar-refractivity contribution in [2.24, 2.45) is 10.4 Å². The van der Waals surface area contributed by atoms with Gasteiger partial charge in [-0.05, 0) is 24.5 Å². The van der Waals surface area contributed by atoms with Crippen LogP contribution in [0.1, 0.15) is 27.7 Å². The summed E-state index contributed by atoms with van der Waals surface area (Å²) in [5.74, 6) is 0.450. The molecule has 1 unspecified atom stereocenters. The first kappa shape index (κ1) is 20.2. The number of anilines is 1. The molecule has 0 aliphatic rings. The zero-order valence-corrected chi connectivity index (χ0v) is 12.2. The normalized spacial score (nSPS) is 12.2. The van der Waals surface area contributed by atoms with Gasteiger partial charge in [-0.15, -0.1) is 0 Å². The molecule has 1 atom stereocenters. The molecule has 0 saturated heterocycles. The minimum absolute atomic E-state index is 0. The molecule has 0 radical (unpaired) electrons. The second-order valence-corrected chi connectivity index (χ2v) is 5.12. The first-order chi connectivity index (χ1) is 8.43. The van der Waals surface area contributed by atoms with Gasteiger partial charge in [0.2, 0.25) is 5.96 Å². The van der Waals surface area contributed by atoms with Crippen LogP contribution < -0.4 is 10.6 Å². The van der Waals surface area contributed by atoms with Crippen LogP contribution in [-0.2, 0) is 0 Å². The maximum Gasteiger partial charge on any atom is 0.209 e. The molecule has 0 amide bonds. The number of hydrogen-bond acceptors (Lipinski definition) is 3. The van der Waals surface area contributed by atoms with Gasteiger partial charge >= 0.3 is 0 Å². The van der Waals surface area contributed by atoms with Crippen molar-refractivity contribution in [2.75, 3.05) is 5.32 Å². The van der Waals surface area contributed by atoms with E-state index < -0.39 is 0 Å². The summed E-state index contributed by atoms with van der Waals surface area (Å²) < 4.78 is 0. The Kier molecular flexibility index (Phi) is 8.92. The minimum Gasteiger partial charge on any atom is -0.412 e. The molecule has 112 valence electrons. The SMILES string of the molecule is CC(N=C(NC#N)Nc1ccncc1)C(C)(C)C.O.O. The van der Waals surface area contributed by atoms with E-state index in [-0.39, 0.29) is 22.4 Å². The zero-order chi connectivity index (χ0) is 13.6. The summed E-state index contributed by atoms with van der Waals surface area (Å²) in [6, 6.07) is 3.72. The van der Waals surface area contributed by atoms with Crippen LogP contribution in [0.4, 0.5) is 5.69 Å². The molecule has 0 saturated carbocycles. The van der Waals surface area contributed by atoms with Gasteiger partial charge in [-0.25, -0.2) is 4.99 Å². The minimum atomic E-state index is 0. The molecule has 0 fully saturated rings. The highest BCUT2D eigenvalue weighted by molar-refractivity contribution is 5.94. The summed E-state index contributed by atoms with van der Waals surface area (Å²) in [6.07, 6.45) is 5.25. The fourth-order valence-corrected chi connectivity index (χ4v) is 1.11. The summed E-state index contributed by atoms with van der Waals surface area (Å²) in [5.41, 5.74) is 0.884. The van der Waals surface area contributed by atoms with Crippen LogP contribution in [0.3, 0.4) is 0 Å². The number of nitriles is 1. The summed E-state index contributed by atoms with van der Waals surface area (Å²) in [5, 5.41) is 14.4. The Morgan fingerprint density at radius 1 is 1.30 bits per heavy atom. The molecular weight excluding hydrogens is 258 g/mol. The second kappa shape index (κ2) is 8.85. The number of nitrogens with one attached hydrogen (secondary N) is 2. The smallest absolute Gasteiger partial charge is 0.209 e. The number of rotatable bonds is 2. The van der Waals surface area contributed by atoms with Gasteiger partial charge in [-0.1, -0.05) is 20.8 Å². The van der Waals surface area contributed by atoms with Crippen molar-refractivity contribution in [1.29, 1.82) is 5.26 Å². The lowest BCUT2D eigenvalue weighted by Gasteiger charge is -2.24. The molecule has 0 aliphatic carbocycles. The Morgan fingerprint density at radius 2 is 1.85 bits per heavy atom. The van der Waals surface area contributed by atoms with E-state index in [4.69, 9.17) is 5.26 Å². The van der Waals surface area contributed by atoms with Crippen molar-refractivity contribution >= 4 is 11.6 Å². The lowest BCUT2D eigenvalue weighted by Crippen LogP contribution is -2.31. The predicted octanol–water partition coefficient (Wildman–Crippen LogP) is 0.705. The van der Waals surface area contributed by atoms with Crippen molar-refractivity contribution in [3.05, 3.63) is 24.5 Å². The molecule has 1 heterocycles. The van der Waals surface area contributed by atoms with E-state index in [2.05, 4.69) is 41.4 Å². The highest BCUT2D eigenvalue weighted by Crippen LogP contribution is 2.21. The van der Waals surface area contributed by atoms with Crippen molar-refractivity contribution < 1.29 is 11.0 Å². The van der Waals surface area contributed by atoms with Crippen molar-refractivity contribution in [3.8, 4) is 6.19 Å². The van der Waals surface area contributed by atoms with Crippen LogP contribution in [0.5, 0.6) is 0 Å². The summed E-state index contributed by atoms with van der Waals surface area (Å²) in [6.45, 7) is 8.35. The number of aliphatic imine (C=N–C) groups is 1. The van der Waals surface area contributed by atoms with Crippen LogP contribution in [0.2, 0.25) is 0 Å². The molecule has 0 aromatic carbocycles. The Labute approximate surface area is 119 Å². The molecule has 7 nitrogen and oxygen atoms in total. The van der Waals surface area contributed by atoms with Gasteiger partial charge in [-0.3, -0.25) is 10.3 Å². The maximum absolute atomic E-state index is 8.74. The van der Waals surface area contributed by atoms with Gasteiger partial charge in [0.1, 0.15) is 0 Å². The molecule has 6 N–H and O–H groups in total. The highest BCUT2D eigenvalue weighted by atomic mass is 16.0. The first-order valence-corrected chi connectivity index (χ1v) is 5.83. The fraction of sp³-hybridized carbons (Fsp3) is 0.462. The molecule has 0 spiro atoms. The number of pyridine rings is 1. The lowest BCUT2D eigenvalue weighted by molar-refractivity contribution is 0.341. The molecule has 7 heteroatoms. The molecule has 20 heavy (non-hydrogen) atoms. The average molecular weight is 281 g/mol. The fourth-order valence-electron chi connectivity index (χ4n) is 1.11. The van der Waals surface area contributed by atoms with Gasteiger partial charge in [0.15, 0.2) is 6.19 Å². The summed E-state index contributed by atoms with van der Waals surface area (Å²) in [4.78, 5) is 8.42. The number of hydrogen-bond donors (Lipinski definition) is 2. The van der Waals surface area contributed by atoms with Crippen molar-refractivity contribution in [3.63, 3.8) is 0 Å². The van der Waals surface area contributed by atoms with Crippen LogP contribution in [-0.4, -0.2) is 27.9 Å². The molecule has 1 aromatic heterocycles. The van der Waals surface area contributed by atoms with E-state index in [0.29, 0.717) is 5.96 Å². The second-order valence-electron chi connectivity index (χ2n) is 5.12. The maximum atomic E-state index is 8.74. The standard InChI is InChI=1S/C13H19N5.2H2O/c1-10(13(2,3)4)17-12(16-9-14)18-11-5-7-15-8-6-11;;/h5-8,10H,1-4H3,(H2,15,16,17,18);2*1H2. The van der Waals surface area contributed by atoms with Gasteiger partial charge in [0.05, 0.1) is 6.04 Å². The first-order valence-electron chi connectivity index (χ1n) is 5.83. The third kappa shape index (κ3) is 6.68. The number of guanidine groups is 1. The van der Waals surface area contributed by atoms with Crippen LogP contribution in [0, 0.1) is 16.9 Å². The zero-order valence-electron chi connectivity index (χ0n) is 12.2. The van der Waals surface area contributed by atoms with E-state index in [1.807, 2.05) is 25.2 Å². The largest absolute Gasteiger partial charge is 0.412 e. The topological polar surface area (TPSA) is 136 Å². The summed E-state index contributed by atoms with van der Waals surface area (Å²) in [7, 11) is 0. The van der Waals surface area contributed by atoms with E-state index in [1.165, 1.54) is 0 Å². The van der Waals surface area contributed by atoms with Crippen LogP contribution in [0.25, 0.3) is 0 Å². The third-order valence-corrected chi connectivity index (χ3v) is 2.69. The van der Waals surface area contributed by atoms with Gasteiger partial charge in [-0.2, -0.15) is 5.26 Å².